The minimum atomic E-state index is -0.152. The van der Waals surface area contributed by atoms with E-state index in [1.807, 2.05) is 6.92 Å². The number of hydrogen-bond donors (Lipinski definition) is 1. The van der Waals surface area contributed by atoms with Crippen molar-refractivity contribution in [2.45, 2.75) is 84.7 Å². The molecule has 0 bridgehead atoms. The number of carbonyl (C=O) groups is 1. The smallest absolute Gasteiger partial charge is 0.133 e. The van der Waals surface area contributed by atoms with Crippen LogP contribution in [0.25, 0.3) is 0 Å². The Labute approximate surface area is 141 Å². The Hall–Kier alpha value is -0.370. The van der Waals surface area contributed by atoms with Gasteiger partial charge in [0.15, 0.2) is 0 Å². The summed E-state index contributed by atoms with van der Waals surface area (Å²) in [6.45, 7) is 7.01. The van der Waals surface area contributed by atoms with Crippen LogP contribution in [0.3, 0.4) is 0 Å². The molecule has 4 fully saturated rings. The SMILES string of the molecule is CC(O)[C@H]1CC[C@H]2[C@@H]3CCC4CC(=O)CC[C@]4(C)[C@H]3CC[C@]12C. The van der Waals surface area contributed by atoms with Crippen molar-refractivity contribution in [2.24, 2.45) is 40.4 Å². The van der Waals surface area contributed by atoms with Crippen LogP contribution in [-0.2, 0) is 4.79 Å². The average molecular weight is 319 g/mol. The first-order chi connectivity index (χ1) is 10.9. The minimum absolute atomic E-state index is 0.152. The molecule has 0 radical (unpaired) electrons. The van der Waals surface area contributed by atoms with Gasteiger partial charge in [-0.1, -0.05) is 13.8 Å². The Balaban J connectivity index is 1.61. The van der Waals surface area contributed by atoms with E-state index in [1.54, 1.807) is 0 Å². The van der Waals surface area contributed by atoms with Gasteiger partial charge in [0.1, 0.15) is 5.78 Å². The maximum absolute atomic E-state index is 11.9. The molecule has 0 aromatic carbocycles. The number of fused-ring (bicyclic) bond motifs is 5. The highest BCUT2D eigenvalue weighted by molar-refractivity contribution is 5.79. The van der Waals surface area contributed by atoms with Crippen LogP contribution in [0.5, 0.6) is 0 Å². The number of rotatable bonds is 1. The highest BCUT2D eigenvalue weighted by Crippen LogP contribution is 2.67. The monoisotopic (exact) mass is 318 g/mol. The zero-order chi connectivity index (χ0) is 16.4. The Kier molecular flexibility index (Phi) is 3.72. The molecule has 0 aromatic rings. The fourth-order valence-corrected chi connectivity index (χ4v) is 7.88. The van der Waals surface area contributed by atoms with Crippen LogP contribution in [0.2, 0.25) is 0 Å². The predicted octanol–water partition coefficient (Wildman–Crippen LogP) is 4.60. The lowest BCUT2D eigenvalue weighted by Crippen LogP contribution is -2.54. The van der Waals surface area contributed by atoms with Gasteiger partial charge in [0.2, 0.25) is 0 Å². The standard InChI is InChI=1S/C21H34O2/c1-13(22)17-6-7-18-16-5-4-14-12-15(23)8-10-20(14,2)19(16)9-11-21(17,18)3/h13-14,16-19,22H,4-12H2,1-3H3/t13?,14?,16-,17+,18-,19-,20-,21+/m0/s1. The van der Waals surface area contributed by atoms with Crippen molar-refractivity contribution >= 4 is 5.78 Å². The van der Waals surface area contributed by atoms with Gasteiger partial charge >= 0.3 is 0 Å². The van der Waals surface area contributed by atoms with Gasteiger partial charge in [0.05, 0.1) is 6.10 Å². The number of carbonyl (C=O) groups excluding carboxylic acids is 1. The van der Waals surface area contributed by atoms with Crippen molar-refractivity contribution in [1.29, 1.82) is 0 Å². The molecule has 4 rings (SSSR count). The number of aliphatic hydroxyl groups excluding tert-OH is 1. The van der Waals surface area contributed by atoms with Crippen molar-refractivity contribution in [3.63, 3.8) is 0 Å². The third-order valence-corrected chi connectivity index (χ3v) is 9.14. The molecule has 2 nitrogen and oxygen atoms in total. The average Bonchev–Trinajstić information content (AvgIpc) is 2.85. The number of aliphatic hydroxyl groups is 1. The molecule has 4 saturated carbocycles. The highest BCUT2D eigenvalue weighted by Gasteiger charge is 2.60. The van der Waals surface area contributed by atoms with Gasteiger partial charge in [-0.3, -0.25) is 4.79 Å². The first kappa shape index (κ1) is 16.1. The van der Waals surface area contributed by atoms with Crippen molar-refractivity contribution in [2.75, 3.05) is 0 Å². The van der Waals surface area contributed by atoms with Crippen LogP contribution in [0.1, 0.15) is 78.6 Å². The fraction of sp³-hybridized carbons (Fsp3) is 0.952. The van der Waals surface area contributed by atoms with E-state index in [1.165, 1.54) is 38.5 Å². The quantitative estimate of drug-likeness (QED) is 0.767. The molecule has 0 saturated heterocycles. The molecule has 4 aliphatic carbocycles. The van der Waals surface area contributed by atoms with Crippen LogP contribution in [0.4, 0.5) is 0 Å². The van der Waals surface area contributed by atoms with Crippen molar-refractivity contribution in [3.8, 4) is 0 Å². The number of ketones is 1. The summed E-state index contributed by atoms with van der Waals surface area (Å²) in [5.74, 6) is 4.18. The zero-order valence-corrected chi connectivity index (χ0v) is 15.2. The van der Waals surface area contributed by atoms with Gasteiger partial charge in [-0.05, 0) is 92.3 Å². The molecular weight excluding hydrogens is 284 g/mol. The fourth-order valence-electron chi connectivity index (χ4n) is 7.88. The van der Waals surface area contributed by atoms with E-state index in [0.717, 1.165) is 37.0 Å². The molecule has 0 spiro atoms. The summed E-state index contributed by atoms with van der Waals surface area (Å²) in [6.07, 6.45) is 10.5. The molecule has 1 N–H and O–H groups in total. The van der Waals surface area contributed by atoms with Gasteiger partial charge < -0.3 is 5.11 Å². The highest BCUT2D eigenvalue weighted by atomic mass is 16.3. The Morgan fingerprint density at radius 1 is 1.00 bits per heavy atom. The summed E-state index contributed by atoms with van der Waals surface area (Å²) in [5, 5.41) is 10.3. The Bertz CT molecular complexity index is 498. The van der Waals surface area contributed by atoms with Crippen LogP contribution in [0.15, 0.2) is 0 Å². The van der Waals surface area contributed by atoms with Crippen molar-refractivity contribution in [3.05, 3.63) is 0 Å². The summed E-state index contributed by atoms with van der Waals surface area (Å²) in [7, 11) is 0. The molecule has 0 amide bonds. The first-order valence-electron chi connectivity index (χ1n) is 10.1. The summed E-state index contributed by atoms with van der Waals surface area (Å²) >= 11 is 0. The van der Waals surface area contributed by atoms with Gasteiger partial charge in [-0.15, -0.1) is 0 Å². The van der Waals surface area contributed by atoms with Gasteiger partial charge in [0, 0.05) is 12.8 Å². The lowest BCUT2D eigenvalue weighted by atomic mass is 9.44. The third kappa shape index (κ3) is 2.19. The topological polar surface area (TPSA) is 37.3 Å². The second-order valence-corrected chi connectivity index (χ2v) is 9.87. The van der Waals surface area contributed by atoms with Crippen molar-refractivity contribution < 1.29 is 9.90 Å². The molecule has 130 valence electrons. The molecular formula is C21H34O2. The van der Waals surface area contributed by atoms with E-state index in [-0.39, 0.29) is 6.10 Å². The van der Waals surface area contributed by atoms with E-state index in [9.17, 15) is 9.90 Å². The number of hydrogen-bond acceptors (Lipinski definition) is 2. The Morgan fingerprint density at radius 3 is 2.48 bits per heavy atom. The van der Waals surface area contributed by atoms with Crippen LogP contribution in [0, 0.1) is 40.4 Å². The van der Waals surface area contributed by atoms with Crippen LogP contribution in [-0.4, -0.2) is 17.0 Å². The Morgan fingerprint density at radius 2 is 1.74 bits per heavy atom. The second-order valence-electron chi connectivity index (χ2n) is 9.87. The summed E-state index contributed by atoms with van der Waals surface area (Å²) in [4.78, 5) is 11.9. The van der Waals surface area contributed by atoms with E-state index in [4.69, 9.17) is 0 Å². The first-order valence-corrected chi connectivity index (χ1v) is 10.1. The largest absolute Gasteiger partial charge is 0.393 e. The molecule has 0 heterocycles. The molecule has 8 atom stereocenters. The maximum Gasteiger partial charge on any atom is 0.133 e. The lowest BCUT2D eigenvalue weighted by molar-refractivity contribution is -0.141. The van der Waals surface area contributed by atoms with E-state index in [2.05, 4.69) is 13.8 Å². The van der Waals surface area contributed by atoms with Crippen molar-refractivity contribution in [1.82, 2.24) is 0 Å². The predicted molar refractivity (Wildman–Crippen MR) is 91.9 cm³/mol. The van der Waals surface area contributed by atoms with Crippen LogP contribution < -0.4 is 0 Å². The molecule has 2 unspecified atom stereocenters. The zero-order valence-electron chi connectivity index (χ0n) is 15.2. The summed E-state index contributed by atoms with van der Waals surface area (Å²) in [5.41, 5.74) is 0.782. The maximum atomic E-state index is 11.9. The number of Topliss-reactive ketones (excluding diaryl/α,β-unsaturated/α-hetero) is 1. The van der Waals surface area contributed by atoms with Gasteiger partial charge in [-0.2, -0.15) is 0 Å². The van der Waals surface area contributed by atoms with E-state index >= 15 is 0 Å². The summed E-state index contributed by atoms with van der Waals surface area (Å²) < 4.78 is 0. The summed E-state index contributed by atoms with van der Waals surface area (Å²) in [6, 6.07) is 0. The molecule has 2 heteroatoms. The minimum Gasteiger partial charge on any atom is -0.393 e. The molecule has 23 heavy (non-hydrogen) atoms. The normalized spacial score (nSPS) is 54.1. The van der Waals surface area contributed by atoms with E-state index in [0.29, 0.717) is 28.4 Å². The van der Waals surface area contributed by atoms with Gasteiger partial charge in [0.25, 0.3) is 0 Å². The lowest BCUT2D eigenvalue weighted by Gasteiger charge is -2.60. The second kappa shape index (κ2) is 5.31. The molecule has 0 aromatic heterocycles. The third-order valence-electron chi connectivity index (χ3n) is 9.14. The van der Waals surface area contributed by atoms with E-state index < -0.39 is 0 Å². The molecule has 4 aliphatic rings. The van der Waals surface area contributed by atoms with Gasteiger partial charge in [-0.25, -0.2) is 0 Å². The van der Waals surface area contributed by atoms with Crippen LogP contribution >= 0.6 is 0 Å². The molecule has 0 aliphatic heterocycles.